The Kier molecular flexibility index (Phi) is 7.76. The Balaban J connectivity index is 1.60. The first-order valence-corrected chi connectivity index (χ1v) is 11.7. The summed E-state index contributed by atoms with van der Waals surface area (Å²) in [5, 5.41) is 12.2. The molecule has 0 fully saturated rings. The minimum absolute atomic E-state index is 0.0597. The second-order valence-electron chi connectivity index (χ2n) is 7.00. The number of nitrogens with zero attached hydrogens (tertiary/aromatic N) is 3. The standard InChI is InChI=1S/C22H25IN4O2S/c1-5-27-19(12-29-18-8-6-14(2)7-9-18)25-26-22(27)30-13-20(28)24-21-15(3)10-17(23)11-16(21)4/h6-11H,5,12-13H2,1-4H3,(H,24,28). The molecule has 0 spiro atoms. The van der Waals surface area contributed by atoms with Gasteiger partial charge in [0.2, 0.25) is 5.91 Å². The highest BCUT2D eigenvalue weighted by molar-refractivity contribution is 14.1. The van der Waals surface area contributed by atoms with Crippen LogP contribution in [0.5, 0.6) is 5.75 Å². The Morgan fingerprint density at radius 1 is 1.13 bits per heavy atom. The molecule has 0 atom stereocenters. The van der Waals surface area contributed by atoms with Crippen LogP contribution in [-0.4, -0.2) is 26.4 Å². The average molecular weight is 536 g/mol. The Morgan fingerprint density at radius 3 is 2.43 bits per heavy atom. The molecule has 30 heavy (non-hydrogen) atoms. The molecule has 8 heteroatoms. The normalized spacial score (nSPS) is 10.8. The van der Waals surface area contributed by atoms with E-state index in [1.165, 1.54) is 17.3 Å². The molecule has 2 aromatic carbocycles. The molecule has 0 unspecified atom stereocenters. The van der Waals surface area contributed by atoms with E-state index in [1.54, 1.807) is 0 Å². The zero-order valence-corrected chi connectivity index (χ0v) is 20.5. The third-order valence-electron chi connectivity index (χ3n) is 4.59. The predicted octanol–water partition coefficient (Wildman–Crippen LogP) is 5.14. The quantitative estimate of drug-likeness (QED) is 0.319. The molecule has 0 radical (unpaired) electrons. The Hall–Kier alpha value is -2.07. The second-order valence-corrected chi connectivity index (χ2v) is 9.18. The first-order chi connectivity index (χ1) is 14.4. The number of amides is 1. The van der Waals surface area contributed by atoms with Gasteiger partial charge in [0.25, 0.3) is 0 Å². The highest BCUT2D eigenvalue weighted by Gasteiger charge is 2.15. The largest absolute Gasteiger partial charge is 0.486 e. The van der Waals surface area contributed by atoms with Crippen LogP contribution in [-0.2, 0) is 17.9 Å². The van der Waals surface area contributed by atoms with Crippen LogP contribution in [0.3, 0.4) is 0 Å². The van der Waals surface area contributed by atoms with E-state index in [0.717, 1.165) is 32.0 Å². The van der Waals surface area contributed by atoms with Gasteiger partial charge in [-0.2, -0.15) is 0 Å². The smallest absolute Gasteiger partial charge is 0.234 e. The number of nitrogens with one attached hydrogen (secondary N) is 1. The van der Waals surface area contributed by atoms with Crippen LogP contribution in [0.15, 0.2) is 41.6 Å². The van der Waals surface area contributed by atoms with Gasteiger partial charge in [-0.3, -0.25) is 4.79 Å². The molecule has 3 rings (SSSR count). The number of rotatable bonds is 8. The molecule has 3 aromatic rings. The van der Waals surface area contributed by atoms with Crippen LogP contribution in [0.2, 0.25) is 0 Å². The number of thioether (sulfide) groups is 1. The lowest BCUT2D eigenvalue weighted by molar-refractivity contribution is -0.113. The summed E-state index contributed by atoms with van der Waals surface area (Å²) in [7, 11) is 0. The van der Waals surface area contributed by atoms with E-state index in [-0.39, 0.29) is 11.7 Å². The molecule has 0 aliphatic heterocycles. The van der Waals surface area contributed by atoms with Crippen LogP contribution >= 0.6 is 34.4 Å². The monoisotopic (exact) mass is 536 g/mol. The highest BCUT2D eigenvalue weighted by Crippen LogP contribution is 2.24. The van der Waals surface area contributed by atoms with Crippen LogP contribution < -0.4 is 10.1 Å². The van der Waals surface area contributed by atoms with Crippen molar-refractivity contribution >= 4 is 45.9 Å². The van der Waals surface area contributed by atoms with Gasteiger partial charge in [0.15, 0.2) is 11.0 Å². The van der Waals surface area contributed by atoms with E-state index in [0.29, 0.717) is 18.3 Å². The first-order valence-electron chi connectivity index (χ1n) is 9.68. The maximum atomic E-state index is 12.5. The van der Waals surface area contributed by atoms with Gasteiger partial charge < -0.3 is 14.6 Å². The maximum Gasteiger partial charge on any atom is 0.234 e. The molecule has 158 valence electrons. The molecule has 1 aromatic heterocycles. The fourth-order valence-electron chi connectivity index (χ4n) is 3.05. The molecular formula is C22H25IN4O2S. The van der Waals surface area contributed by atoms with E-state index in [1.807, 2.05) is 56.5 Å². The van der Waals surface area contributed by atoms with Crippen molar-refractivity contribution in [2.45, 2.75) is 46.0 Å². The van der Waals surface area contributed by atoms with Gasteiger partial charge in [0.1, 0.15) is 12.4 Å². The number of anilines is 1. The number of aryl methyl sites for hydroxylation is 3. The fraction of sp³-hybridized carbons (Fsp3) is 0.318. The second kappa shape index (κ2) is 10.3. The van der Waals surface area contributed by atoms with E-state index in [2.05, 4.69) is 50.2 Å². The molecule has 1 amide bonds. The van der Waals surface area contributed by atoms with Gasteiger partial charge in [-0.15, -0.1) is 10.2 Å². The molecule has 0 bridgehead atoms. The Bertz CT molecular complexity index is 1010. The summed E-state index contributed by atoms with van der Waals surface area (Å²) in [5.74, 6) is 1.74. The molecule has 1 heterocycles. The lowest BCUT2D eigenvalue weighted by atomic mass is 10.1. The van der Waals surface area contributed by atoms with E-state index in [4.69, 9.17) is 4.74 Å². The number of ether oxygens (including phenoxy) is 1. The SMILES string of the molecule is CCn1c(COc2ccc(C)cc2)nnc1SCC(=O)Nc1c(C)cc(I)cc1C. The highest BCUT2D eigenvalue weighted by atomic mass is 127. The van der Waals surface area contributed by atoms with E-state index in [9.17, 15) is 4.79 Å². The Morgan fingerprint density at radius 2 is 1.80 bits per heavy atom. The number of hydrogen-bond acceptors (Lipinski definition) is 5. The Labute approximate surface area is 195 Å². The average Bonchev–Trinajstić information content (AvgIpc) is 3.10. The molecule has 0 saturated heterocycles. The van der Waals surface area contributed by atoms with Crippen LogP contribution in [0, 0.1) is 24.3 Å². The molecule has 0 saturated carbocycles. The van der Waals surface area contributed by atoms with Crippen LogP contribution in [0.25, 0.3) is 0 Å². The van der Waals surface area contributed by atoms with Crippen molar-refractivity contribution in [1.82, 2.24) is 14.8 Å². The van der Waals surface area contributed by atoms with Crippen molar-refractivity contribution in [3.8, 4) is 5.75 Å². The molecule has 6 nitrogen and oxygen atoms in total. The maximum absolute atomic E-state index is 12.5. The minimum atomic E-state index is -0.0597. The van der Waals surface area contributed by atoms with E-state index >= 15 is 0 Å². The van der Waals surface area contributed by atoms with Crippen LogP contribution in [0.1, 0.15) is 29.4 Å². The van der Waals surface area contributed by atoms with Gasteiger partial charge in [0.05, 0.1) is 5.75 Å². The van der Waals surface area contributed by atoms with Gasteiger partial charge in [-0.25, -0.2) is 0 Å². The number of benzene rings is 2. The van der Waals surface area contributed by atoms with Crippen molar-refractivity contribution in [2.75, 3.05) is 11.1 Å². The molecule has 1 N–H and O–H groups in total. The summed E-state index contributed by atoms with van der Waals surface area (Å²) in [6.07, 6.45) is 0. The lowest BCUT2D eigenvalue weighted by Crippen LogP contribution is -2.16. The topological polar surface area (TPSA) is 69.0 Å². The van der Waals surface area contributed by atoms with Crippen molar-refractivity contribution in [1.29, 1.82) is 0 Å². The van der Waals surface area contributed by atoms with Crippen LogP contribution in [0.4, 0.5) is 5.69 Å². The summed E-state index contributed by atoms with van der Waals surface area (Å²) in [6.45, 7) is 9.12. The van der Waals surface area contributed by atoms with Crippen molar-refractivity contribution in [3.63, 3.8) is 0 Å². The summed E-state index contributed by atoms with van der Waals surface area (Å²) in [4.78, 5) is 12.5. The van der Waals surface area contributed by atoms with Crippen molar-refractivity contribution < 1.29 is 9.53 Å². The number of carbonyl (C=O) groups is 1. The number of carbonyl (C=O) groups excluding carboxylic acids is 1. The van der Waals surface area contributed by atoms with E-state index < -0.39 is 0 Å². The molecular weight excluding hydrogens is 511 g/mol. The van der Waals surface area contributed by atoms with Gasteiger partial charge in [-0.05, 0) is 85.7 Å². The lowest BCUT2D eigenvalue weighted by Gasteiger charge is -2.12. The first kappa shape index (κ1) is 22.6. The minimum Gasteiger partial charge on any atom is -0.486 e. The zero-order chi connectivity index (χ0) is 21.7. The zero-order valence-electron chi connectivity index (χ0n) is 17.5. The number of halogens is 1. The van der Waals surface area contributed by atoms with Gasteiger partial charge >= 0.3 is 0 Å². The fourth-order valence-corrected chi connectivity index (χ4v) is 4.80. The number of aromatic nitrogens is 3. The predicted molar refractivity (Wildman–Crippen MR) is 129 cm³/mol. The summed E-state index contributed by atoms with van der Waals surface area (Å²) < 4.78 is 8.97. The third-order valence-corrected chi connectivity index (χ3v) is 6.18. The van der Waals surface area contributed by atoms with Crippen molar-refractivity contribution in [3.05, 3.63) is 62.5 Å². The number of hydrogen-bond donors (Lipinski definition) is 1. The summed E-state index contributed by atoms with van der Waals surface area (Å²) >= 11 is 3.66. The third kappa shape index (κ3) is 5.75. The molecule has 0 aliphatic rings. The molecule has 0 aliphatic carbocycles. The van der Waals surface area contributed by atoms with Crippen molar-refractivity contribution in [2.24, 2.45) is 0 Å². The van der Waals surface area contributed by atoms with Gasteiger partial charge in [-0.1, -0.05) is 29.5 Å². The summed E-state index contributed by atoms with van der Waals surface area (Å²) in [6, 6.07) is 12.0. The summed E-state index contributed by atoms with van der Waals surface area (Å²) in [5.41, 5.74) is 4.19. The van der Waals surface area contributed by atoms with Gasteiger partial charge in [0, 0.05) is 15.8 Å².